The largest absolute Gasteiger partial charge is 0.501 e. The van der Waals surface area contributed by atoms with Crippen LogP contribution in [0.15, 0.2) is 47.5 Å². The smallest absolute Gasteiger partial charge is 0.465 e. The average Bonchev–Trinajstić information content (AvgIpc) is 3.30. The Morgan fingerprint density at radius 2 is 1.76 bits per heavy atom. The van der Waals surface area contributed by atoms with Crippen LogP contribution in [0.2, 0.25) is 0 Å². The molecule has 1 heterocycles. The molecule has 1 amide bonds. The van der Waals surface area contributed by atoms with Gasteiger partial charge in [0, 0.05) is 6.20 Å². The third kappa shape index (κ3) is 5.70. The third-order valence-electron chi connectivity index (χ3n) is 5.69. The fourth-order valence-corrected chi connectivity index (χ4v) is 4.67. The topological polar surface area (TPSA) is 102 Å². The number of sulfone groups is 1. The summed E-state index contributed by atoms with van der Waals surface area (Å²) in [6.07, 6.45) is 5.69. The number of carbonyl (C=O) groups is 2. The lowest BCUT2D eigenvalue weighted by molar-refractivity contribution is -0.118. The molecule has 1 aliphatic rings. The van der Waals surface area contributed by atoms with Crippen LogP contribution >= 0.6 is 0 Å². The lowest BCUT2D eigenvalue weighted by Gasteiger charge is -2.21. The van der Waals surface area contributed by atoms with Crippen molar-refractivity contribution in [2.75, 3.05) is 12.4 Å². The van der Waals surface area contributed by atoms with Crippen molar-refractivity contribution in [3.63, 3.8) is 0 Å². The van der Waals surface area contributed by atoms with Gasteiger partial charge in [0.2, 0.25) is 5.91 Å². The van der Waals surface area contributed by atoms with Crippen LogP contribution in [0.25, 0.3) is 0 Å². The van der Waals surface area contributed by atoms with E-state index < -0.39 is 38.0 Å². The number of nitrogens with zero attached hydrogens (tertiary/aromatic N) is 1. The number of hydrogen-bond donors (Lipinski definition) is 1. The second kappa shape index (κ2) is 9.90. The Bertz CT molecular complexity index is 1090. The molecule has 3 rings (SSSR count). The molecule has 0 bridgehead atoms. The molecule has 0 saturated heterocycles. The number of aromatic nitrogens is 1. The van der Waals surface area contributed by atoms with Crippen LogP contribution in [0.4, 0.5) is 19.0 Å². The lowest BCUT2D eigenvalue weighted by Crippen LogP contribution is -2.25. The highest BCUT2D eigenvalue weighted by Gasteiger charge is 2.46. The van der Waals surface area contributed by atoms with Gasteiger partial charge in [-0.3, -0.25) is 4.79 Å². The summed E-state index contributed by atoms with van der Waals surface area (Å²) in [7, 11) is -4.24. The first-order valence-electron chi connectivity index (χ1n) is 10.3. The van der Waals surface area contributed by atoms with E-state index in [1.165, 1.54) is 37.6 Å². The molecule has 0 spiro atoms. The van der Waals surface area contributed by atoms with Crippen LogP contribution in [-0.4, -0.2) is 37.9 Å². The number of ether oxygens (including phenoxy) is 1. The number of esters is 1. The number of alkyl halides is 3. The summed E-state index contributed by atoms with van der Waals surface area (Å²) in [6, 6.07) is 7.11. The van der Waals surface area contributed by atoms with Gasteiger partial charge in [0.05, 0.1) is 23.5 Å². The highest BCUT2D eigenvalue weighted by Crippen LogP contribution is 2.36. The van der Waals surface area contributed by atoms with Gasteiger partial charge in [-0.05, 0) is 42.2 Å². The molecular formula is C22H23F3N2O5S. The molecule has 1 atom stereocenters. The standard InChI is InChI=1S/C22H23F3N2O5S/c1-32-21(29)16-8-11-19(26-13-16)27-20(28)18(12-14-4-2-3-5-14)15-6-9-17(10-7-15)33(30,31)22(23,24)25/h6-11,13-14,18H,2-5,12H2,1H3,(H,26,27,28). The number of pyridine rings is 1. The van der Waals surface area contributed by atoms with Crippen molar-refractivity contribution in [2.45, 2.75) is 48.4 Å². The Morgan fingerprint density at radius 1 is 1.12 bits per heavy atom. The molecule has 1 fully saturated rings. The van der Waals surface area contributed by atoms with Crippen LogP contribution in [0.5, 0.6) is 0 Å². The van der Waals surface area contributed by atoms with Crippen molar-refractivity contribution >= 4 is 27.5 Å². The van der Waals surface area contributed by atoms with Crippen LogP contribution < -0.4 is 5.32 Å². The molecule has 11 heteroatoms. The van der Waals surface area contributed by atoms with Gasteiger partial charge in [-0.25, -0.2) is 18.2 Å². The van der Waals surface area contributed by atoms with Crippen molar-refractivity contribution in [2.24, 2.45) is 5.92 Å². The van der Waals surface area contributed by atoms with Crippen molar-refractivity contribution < 1.29 is 35.9 Å². The van der Waals surface area contributed by atoms with Crippen molar-refractivity contribution in [3.05, 3.63) is 53.7 Å². The molecule has 1 unspecified atom stereocenters. The molecule has 178 valence electrons. The fourth-order valence-electron chi connectivity index (χ4n) is 3.91. The number of hydrogen-bond acceptors (Lipinski definition) is 6. The van der Waals surface area contributed by atoms with Crippen LogP contribution in [0, 0.1) is 5.92 Å². The summed E-state index contributed by atoms with van der Waals surface area (Å²) >= 11 is 0. The minimum Gasteiger partial charge on any atom is -0.465 e. The van der Waals surface area contributed by atoms with Crippen molar-refractivity contribution in [1.29, 1.82) is 0 Å². The molecule has 1 aromatic carbocycles. The van der Waals surface area contributed by atoms with Gasteiger partial charge >= 0.3 is 11.5 Å². The SMILES string of the molecule is COC(=O)c1ccc(NC(=O)C(CC2CCCC2)c2ccc(S(=O)(=O)C(F)(F)F)cc2)nc1. The zero-order valence-corrected chi connectivity index (χ0v) is 18.6. The first-order valence-corrected chi connectivity index (χ1v) is 11.8. The summed E-state index contributed by atoms with van der Waals surface area (Å²) in [5, 5.41) is 2.67. The minimum atomic E-state index is -5.47. The minimum absolute atomic E-state index is 0.195. The van der Waals surface area contributed by atoms with Gasteiger partial charge in [0.15, 0.2) is 0 Å². The molecule has 1 N–H and O–H groups in total. The number of amides is 1. The van der Waals surface area contributed by atoms with E-state index in [9.17, 15) is 31.2 Å². The molecule has 7 nitrogen and oxygen atoms in total. The van der Waals surface area contributed by atoms with Gasteiger partial charge < -0.3 is 10.1 Å². The maximum atomic E-state index is 13.1. The number of methoxy groups -OCH3 is 1. The number of nitrogens with one attached hydrogen (secondary N) is 1. The summed E-state index contributed by atoms with van der Waals surface area (Å²) in [4.78, 5) is 27.8. The molecule has 1 aliphatic carbocycles. The number of benzene rings is 1. The summed E-state index contributed by atoms with van der Waals surface area (Å²) in [6.45, 7) is 0. The van der Waals surface area contributed by atoms with E-state index in [1.54, 1.807) is 0 Å². The highest BCUT2D eigenvalue weighted by atomic mass is 32.2. The van der Waals surface area contributed by atoms with Gasteiger partial charge in [0.25, 0.3) is 9.84 Å². The lowest BCUT2D eigenvalue weighted by atomic mass is 9.87. The number of anilines is 1. The van der Waals surface area contributed by atoms with Crippen LogP contribution in [0.1, 0.15) is 53.9 Å². The van der Waals surface area contributed by atoms with Crippen molar-refractivity contribution in [1.82, 2.24) is 4.98 Å². The fraction of sp³-hybridized carbons (Fsp3) is 0.409. The zero-order valence-electron chi connectivity index (χ0n) is 17.8. The maximum absolute atomic E-state index is 13.1. The Morgan fingerprint density at radius 3 is 2.27 bits per heavy atom. The van der Waals surface area contributed by atoms with Gasteiger partial charge in [0.1, 0.15) is 5.82 Å². The third-order valence-corrected chi connectivity index (χ3v) is 7.20. The number of rotatable bonds is 7. The summed E-state index contributed by atoms with van der Waals surface area (Å²) in [5.41, 5.74) is -4.79. The molecule has 1 saturated carbocycles. The van der Waals surface area contributed by atoms with E-state index in [-0.39, 0.29) is 17.3 Å². The van der Waals surface area contributed by atoms with Crippen molar-refractivity contribution in [3.8, 4) is 0 Å². The van der Waals surface area contributed by atoms with E-state index in [4.69, 9.17) is 0 Å². The van der Waals surface area contributed by atoms with E-state index in [0.29, 0.717) is 12.0 Å². The monoisotopic (exact) mass is 484 g/mol. The molecular weight excluding hydrogens is 461 g/mol. The predicted molar refractivity (Wildman–Crippen MR) is 113 cm³/mol. The first kappa shape index (κ1) is 24.7. The Balaban J connectivity index is 1.83. The van der Waals surface area contributed by atoms with E-state index in [1.807, 2.05) is 0 Å². The maximum Gasteiger partial charge on any atom is 0.501 e. The van der Waals surface area contributed by atoms with Crippen LogP contribution in [0.3, 0.4) is 0 Å². The van der Waals surface area contributed by atoms with E-state index in [0.717, 1.165) is 37.8 Å². The molecule has 0 radical (unpaired) electrons. The van der Waals surface area contributed by atoms with E-state index >= 15 is 0 Å². The van der Waals surface area contributed by atoms with Gasteiger partial charge in [-0.2, -0.15) is 13.2 Å². The van der Waals surface area contributed by atoms with Gasteiger partial charge in [-0.1, -0.05) is 37.8 Å². The molecule has 1 aromatic heterocycles. The molecule has 2 aromatic rings. The first-order chi connectivity index (χ1) is 15.5. The second-order valence-corrected chi connectivity index (χ2v) is 9.81. The second-order valence-electron chi connectivity index (χ2n) is 7.87. The van der Waals surface area contributed by atoms with Gasteiger partial charge in [-0.15, -0.1) is 0 Å². The molecule has 0 aliphatic heterocycles. The quantitative estimate of drug-likeness (QED) is 0.582. The Labute approximate surface area is 189 Å². The Hall–Kier alpha value is -2.95. The average molecular weight is 484 g/mol. The Kier molecular flexibility index (Phi) is 7.41. The van der Waals surface area contributed by atoms with Crippen LogP contribution in [-0.2, 0) is 19.4 Å². The van der Waals surface area contributed by atoms with E-state index in [2.05, 4.69) is 15.0 Å². The predicted octanol–water partition coefficient (Wildman–Crippen LogP) is 4.46. The molecule has 33 heavy (non-hydrogen) atoms. The number of halogens is 3. The zero-order chi connectivity index (χ0) is 24.2. The highest BCUT2D eigenvalue weighted by molar-refractivity contribution is 7.92. The number of carbonyl (C=O) groups excluding carboxylic acids is 2. The summed E-state index contributed by atoms with van der Waals surface area (Å²) in [5.74, 6) is -1.24. The summed E-state index contributed by atoms with van der Waals surface area (Å²) < 4.78 is 66.4. The normalized spacial score (nSPS) is 15.8.